The molecule has 1 aliphatic rings. The van der Waals surface area contributed by atoms with Crippen molar-refractivity contribution in [2.75, 3.05) is 6.61 Å². The van der Waals surface area contributed by atoms with Crippen molar-refractivity contribution in [2.24, 2.45) is 0 Å². The maximum atomic E-state index is 12.8. The summed E-state index contributed by atoms with van der Waals surface area (Å²) in [7, 11) is 0. The van der Waals surface area contributed by atoms with E-state index in [0.717, 1.165) is 26.9 Å². The highest BCUT2D eigenvalue weighted by Gasteiger charge is 2.30. The zero-order chi connectivity index (χ0) is 26.1. The molecule has 1 aliphatic carbocycles. The molecule has 0 bridgehead atoms. The molecular weight excluding hydrogens is 498 g/mol. The zero-order valence-corrected chi connectivity index (χ0v) is 19.9. The number of nitrogens with zero attached hydrogens (tertiary/aromatic N) is 4. The molecule has 0 fully saturated rings. The molecule has 0 aliphatic heterocycles. The van der Waals surface area contributed by atoms with Crippen LogP contribution in [-0.2, 0) is 9.53 Å². The Morgan fingerprint density at radius 1 is 1.11 bits per heavy atom. The van der Waals surface area contributed by atoms with E-state index in [9.17, 15) is 24.8 Å². The van der Waals surface area contributed by atoms with Gasteiger partial charge in [-0.1, -0.05) is 66.0 Å². The Bertz CT molecular complexity index is 1520. The maximum absolute atomic E-state index is 12.8. The van der Waals surface area contributed by atoms with E-state index in [0.29, 0.717) is 5.52 Å². The number of nitrogens with one attached hydrogen (secondary N) is 1. The Labute approximate surface area is 214 Å². The van der Waals surface area contributed by atoms with Crippen LogP contribution >= 0.6 is 12.2 Å². The van der Waals surface area contributed by atoms with Gasteiger partial charge in [0.25, 0.3) is 5.69 Å². The number of nitro groups is 1. The lowest BCUT2D eigenvalue weighted by Gasteiger charge is -2.19. The van der Waals surface area contributed by atoms with Crippen LogP contribution in [-0.4, -0.2) is 54.7 Å². The van der Waals surface area contributed by atoms with Gasteiger partial charge in [-0.2, -0.15) is 0 Å². The molecule has 3 aromatic carbocycles. The van der Waals surface area contributed by atoms with Crippen molar-refractivity contribution in [1.82, 2.24) is 20.3 Å². The van der Waals surface area contributed by atoms with Crippen molar-refractivity contribution in [3.8, 4) is 11.1 Å². The molecule has 1 aromatic heterocycles. The van der Waals surface area contributed by atoms with E-state index >= 15 is 0 Å². The minimum Gasteiger partial charge on any atom is -0.481 e. The highest BCUT2D eigenvalue weighted by Crippen LogP contribution is 2.44. The Morgan fingerprint density at radius 3 is 2.38 bits per heavy atom. The molecule has 37 heavy (non-hydrogen) atoms. The van der Waals surface area contributed by atoms with E-state index in [1.807, 2.05) is 48.5 Å². The van der Waals surface area contributed by atoms with E-state index in [4.69, 9.17) is 17.0 Å². The predicted molar refractivity (Wildman–Crippen MR) is 136 cm³/mol. The van der Waals surface area contributed by atoms with Crippen LogP contribution in [0.2, 0.25) is 0 Å². The topological polar surface area (TPSA) is 149 Å². The molecular formula is C25H19N5O6S. The number of carbonyl (C=O) groups excluding carboxylic acids is 1. The lowest BCUT2D eigenvalue weighted by molar-refractivity contribution is -0.384. The number of benzene rings is 3. The molecule has 1 atom stereocenters. The molecule has 11 nitrogen and oxygen atoms in total. The van der Waals surface area contributed by atoms with Gasteiger partial charge in [-0.25, -0.2) is 9.48 Å². The fourth-order valence-electron chi connectivity index (χ4n) is 4.49. The van der Waals surface area contributed by atoms with Gasteiger partial charge in [-0.05, 0) is 28.3 Å². The number of aliphatic carboxylic acids is 1. The average Bonchev–Trinajstić information content (AvgIpc) is 3.45. The summed E-state index contributed by atoms with van der Waals surface area (Å²) in [6.07, 6.45) is -1.41. The largest absolute Gasteiger partial charge is 0.481 e. The fraction of sp³-hybridized carbons (Fsp3) is 0.160. The Balaban J connectivity index is 1.34. The first-order valence-electron chi connectivity index (χ1n) is 11.2. The van der Waals surface area contributed by atoms with Gasteiger partial charge >= 0.3 is 12.1 Å². The van der Waals surface area contributed by atoms with Gasteiger partial charge in [0.2, 0.25) is 0 Å². The second-order valence-electron chi connectivity index (χ2n) is 8.39. The van der Waals surface area contributed by atoms with Crippen molar-refractivity contribution in [1.29, 1.82) is 0 Å². The third-order valence-corrected chi connectivity index (χ3v) is 6.62. The molecule has 0 saturated heterocycles. The van der Waals surface area contributed by atoms with Crippen molar-refractivity contribution < 1.29 is 24.4 Å². The molecule has 0 spiro atoms. The highest BCUT2D eigenvalue weighted by molar-refractivity contribution is 7.80. The maximum Gasteiger partial charge on any atom is 0.407 e. The zero-order valence-electron chi connectivity index (χ0n) is 19.1. The van der Waals surface area contributed by atoms with Crippen molar-refractivity contribution in [3.63, 3.8) is 0 Å². The second-order valence-corrected chi connectivity index (χ2v) is 8.81. The Morgan fingerprint density at radius 2 is 1.76 bits per heavy atom. The highest BCUT2D eigenvalue weighted by atomic mass is 32.1. The van der Waals surface area contributed by atoms with Gasteiger partial charge in [0.1, 0.15) is 22.6 Å². The quantitative estimate of drug-likeness (QED) is 0.211. The molecule has 186 valence electrons. The van der Waals surface area contributed by atoms with Gasteiger partial charge in [0, 0.05) is 18.1 Å². The first kappa shape index (κ1) is 24.0. The number of hydrogen-bond donors (Lipinski definition) is 2. The normalized spacial score (nSPS) is 13.0. The van der Waals surface area contributed by atoms with E-state index in [-0.39, 0.29) is 28.7 Å². The lowest BCUT2D eigenvalue weighted by atomic mass is 9.98. The third kappa shape index (κ3) is 4.61. The van der Waals surface area contributed by atoms with Gasteiger partial charge in [0.05, 0.1) is 17.4 Å². The number of nitro benzene ring substituents is 1. The Hall–Kier alpha value is -4.71. The number of rotatable bonds is 7. The summed E-state index contributed by atoms with van der Waals surface area (Å²) in [5.41, 5.74) is 4.54. The van der Waals surface area contributed by atoms with Crippen LogP contribution < -0.4 is 5.32 Å². The summed E-state index contributed by atoms with van der Waals surface area (Å²) in [5, 5.41) is 30.9. The molecule has 0 radical (unpaired) electrons. The van der Waals surface area contributed by atoms with Crippen LogP contribution in [0.3, 0.4) is 0 Å². The minimum atomic E-state index is -1.22. The lowest BCUT2D eigenvalue weighted by Crippen LogP contribution is -2.44. The van der Waals surface area contributed by atoms with E-state index in [1.165, 1.54) is 18.2 Å². The summed E-state index contributed by atoms with van der Waals surface area (Å²) in [4.78, 5) is 34.8. The molecule has 12 heteroatoms. The number of alkyl carbamates (subject to hydrolysis) is 1. The first-order valence-corrected chi connectivity index (χ1v) is 11.6. The minimum absolute atomic E-state index is 0.0326. The average molecular weight is 518 g/mol. The van der Waals surface area contributed by atoms with Crippen molar-refractivity contribution in [2.45, 2.75) is 18.4 Å². The van der Waals surface area contributed by atoms with Gasteiger partial charge in [-0.15, -0.1) is 5.10 Å². The van der Waals surface area contributed by atoms with E-state index in [2.05, 4.69) is 15.6 Å². The molecule has 5 rings (SSSR count). The van der Waals surface area contributed by atoms with Crippen LogP contribution in [0.15, 0.2) is 66.7 Å². The van der Waals surface area contributed by atoms with Crippen LogP contribution in [0.1, 0.15) is 23.5 Å². The van der Waals surface area contributed by atoms with E-state index < -0.39 is 29.4 Å². The van der Waals surface area contributed by atoms with Crippen molar-refractivity contribution >= 4 is 46.0 Å². The van der Waals surface area contributed by atoms with Crippen LogP contribution in [0, 0.1) is 10.1 Å². The van der Waals surface area contributed by atoms with Gasteiger partial charge in [-0.3, -0.25) is 14.9 Å². The summed E-state index contributed by atoms with van der Waals surface area (Å²) in [5.74, 6) is -1.40. The monoisotopic (exact) mass is 517 g/mol. The fourth-order valence-corrected chi connectivity index (χ4v) is 4.77. The number of carboxylic acids is 1. The van der Waals surface area contributed by atoms with Crippen LogP contribution in [0.25, 0.3) is 22.2 Å². The number of ether oxygens (including phenoxy) is 1. The SMILES string of the molecule is O=C(O)C[C@H](NC(=O)OCC1c2ccccc2-c2ccccc21)C(=S)n1nnc2ccc([N+](=O)[O-])cc21. The van der Waals surface area contributed by atoms with E-state index in [1.54, 1.807) is 0 Å². The third-order valence-electron chi connectivity index (χ3n) is 6.16. The number of amides is 1. The van der Waals surface area contributed by atoms with Crippen molar-refractivity contribution in [3.05, 3.63) is 88.0 Å². The molecule has 0 unspecified atom stereocenters. The molecule has 0 saturated carbocycles. The molecule has 4 aromatic rings. The second kappa shape index (κ2) is 9.74. The molecule has 2 N–H and O–H groups in total. The summed E-state index contributed by atoms with van der Waals surface area (Å²) < 4.78 is 6.63. The predicted octanol–water partition coefficient (Wildman–Crippen LogP) is 3.90. The summed E-state index contributed by atoms with van der Waals surface area (Å²) in [6.45, 7) is 0.0326. The summed E-state index contributed by atoms with van der Waals surface area (Å²) >= 11 is 5.42. The van der Waals surface area contributed by atoms with Crippen LogP contribution in [0.5, 0.6) is 0 Å². The number of non-ortho nitro benzene ring substituents is 1. The molecule has 1 heterocycles. The summed E-state index contributed by atoms with van der Waals surface area (Å²) in [6, 6.07) is 18.5. The number of hydrogen-bond acceptors (Lipinski definition) is 8. The number of carboxylic acid groups (broad SMARTS) is 1. The first-order chi connectivity index (χ1) is 17.8. The number of carbonyl (C=O) groups is 2. The smallest absolute Gasteiger partial charge is 0.407 e. The van der Waals surface area contributed by atoms with Gasteiger partial charge < -0.3 is 15.2 Å². The molecule has 1 amide bonds. The Kier molecular flexibility index (Phi) is 6.32. The standard InChI is InChI=1S/C25H19N5O6S/c31-23(32)12-21(24(37)29-22-11-14(30(34)35)9-10-20(22)27-28-29)26-25(33)36-13-19-17-7-3-1-5-15(17)16-6-2-4-8-18(16)19/h1-11,19,21H,12-13H2,(H,26,33)(H,31,32)/t21-/m0/s1. The number of fused-ring (bicyclic) bond motifs is 4. The van der Waals surface area contributed by atoms with Gasteiger partial charge in [0.15, 0.2) is 0 Å². The number of thiocarbonyl (C=S) groups is 1. The van der Waals surface area contributed by atoms with Crippen LogP contribution in [0.4, 0.5) is 10.5 Å². The number of aromatic nitrogens is 3.